The summed E-state index contributed by atoms with van der Waals surface area (Å²) in [5.74, 6) is -0.629. The molecule has 1 amide bonds. The fourth-order valence-electron chi connectivity index (χ4n) is 1.98. The summed E-state index contributed by atoms with van der Waals surface area (Å²) in [7, 11) is 0. The molecule has 108 valence electrons. The van der Waals surface area contributed by atoms with E-state index in [-0.39, 0.29) is 11.7 Å². The van der Waals surface area contributed by atoms with Gasteiger partial charge in [-0.2, -0.15) is 10.2 Å². The Labute approximate surface area is 121 Å². The summed E-state index contributed by atoms with van der Waals surface area (Å²) < 4.78 is 13.4. The van der Waals surface area contributed by atoms with Crippen molar-refractivity contribution in [2.45, 2.75) is 25.8 Å². The molecule has 21 heavy (non-hydrogen) atoms. The van der Waals surface area contributed by atoms with Crippen LogP contribution in [0.25, 0.3) is 0 Å². The number of anilines is 2. The molecule has 2 N–H and O–H groups in total. The summed E-state index contributed by atoms with van der Waals surface area (Å²) in [5.41, 5.74) is 2.25. The molecule has 0 bridgehead atoms. The second kappa shape index (κ2) is 5.47. The summed E-state index contributed by atoms with van der Waals surface area (Å²) >= 11 is 0. The Bertz CT molecular complexity index is 685. The van der Waals surface area contributed by atoms with Gasteiger partial charge in [-0.25, -0.2) is 4.39 Å². The molecule has 0 aliphatic heterocycles. The maximum absolute atomic E-state index is 13.4. The van der Waals surface area contributed by atoms with Gasteiger partial charge in [0, 0.05) is 6.04 Å². The predicted molar refractivity (Wildman–Crippen MR) is 77.8 cm³/mol. The highest BCUT2D eigenvalue weighted by Gasteiger charge is 2.22. The van der Waals surface area contributed by atoms with E-state index >= 15 is 0 Å². The number of benzene rings is 1. The lowest BCUT2D eigenvalue weighted by Crippen LogP contribution is -2.15. The molecule has 0 spiro atoms. The van der Waals surface area contributed by atoms with Crippen molar-refractivity contribution in [3.8, 4) is 0 Å². The molecule has 1 saturated carbocycles. The average Bonchev–Trinajstić information content (AvgIpc) is 3.26. The van der Waals surface area contributed by atoms with Crippen molar-refractivity contribution < 1.29 is 9.18 Å². The van der Waals surface area contributed by atoms with Crippen LogP contribution >= 0.6 is 0 Å². The molecule has 6 heteroatoms. The van der Waals surface area contributed by atoms with E-state index in [4.69, 9.17) is 0 Å². The largest absolute Gasteiger partial charge is 0.381 e. The lowest BCUT2D eigenvalue weighted by atomic mass is 10.2. The highest BCUT2D eigenvalue weighted by molar-refractivity contribution is 6.05. The van der Waals surface area contributed by atoms with Crippen LogP contribution < -0.4 is 10.6 Å². The molecule has 1 aliphatic rings. The summed E-state index contributed by atoms with van der Waals surface area (Å²) in [6, 6.07) is 6.29. The number of carbonyl (C=O) groups is 1. The fourth-order valence-corrected chi connectivity index (χ4v) is 1.98. The van der Waals surface area contributed by atoms with Crippen molar-refractivity contribution in [3.05, 3.63) is 47.5 Å². The van der Waals surface area contributed by atoms with Crippen LogP contribution in [0.1, 0.15) is 28.9 Å². The molecule has 0 saturated heterocycles. The Hall–Kier alpha value is -2.50. The Morgan fingerprint density at radius 2 is 2.10 bits per heavy atom. The van der Waals surface area contributed by atoms with Crippen LogP contribution in [0.15, 0.2) is 30.5 Å². The highest BCUT2D eigenvalue weighted by atomic mass is 19.1. The van der Waals surface area contributed by atoms with Gasteiger partial charge in [-0.1, -0.05) is 0 Å². The molecular weight excluding hydrogens is 271 g/mol. The van der Waals surface area contributed by atoms with Crippen molar-refractivity contribution in [3.63, 3.8) is 0 Å². The second-order valence-electron chi connectivity index (χ2n) is 5.15. The molecule has 1 aromatic carbocycles. The van der Waals surface area contributed by atoms with E-state index in [0.717, 1.165) is 12.8 Å². The normalized spacial score (nSPS) is 13.8. The van der Waals surface area contributed by atoms with E-state index in [1.54, 1.807) is 19.1 Å². The Balaban J connectivity index is 1.81. The number of carbonyl (C=O) groups excluding carboxylic acids is 1. The van der Waals surface area contributed by atoms with Gasteiger partial charge in [0.25, 0.3) is 5.91 Å². The van der Waals surface area contributed by atoms with Crippen molar-refractivity contribution >= 4 is 17.3 Å². The first kappa shape index (κ1) is 13.5. The molecule has 3 rings (SSSR count). The molecule has 1 aromatic heterocycles. The van der Waals surface area contributed by atoms with Gasteiger partial charge in [0.15, 0.2) is 0 Å². The number of halogens is 1. The molecule has 1 heterocycles. The van der Waals surface area contributed by atoms with Crippen LogP contribution in [0.3, 0.4) is 0 Å². The van der Waals surface area contributed by atoms with E-state index in [9.17, 15) is 9.18 Å². The van der Waals surface area contributed by atoms with Gasteiger partial charge in [-0.15, -0.1) is 0 Å². The van der Waals surface area contributed by atoms with Crippen molar-refractivity contribution in [1.82, 2.24) is 10.2 Å². The fraction of sp³-hybridized carbons (Fsp3) is 0.267. The van der Waals surface area contributed by atoms with Crippen LogP contribution in [-0.2, 0) is 0 Å². The number of aryl methyl sites for hydroxylation is 1. The first-order valence-electron chi connectivity index (χ1n) is 6.78. The number of hydrogen-bond donors (Lipinski definition) is 2. The zero-order valence-corrected chi connectivity index (χ0v) is 11.6. The van der Waals surface area contributed by atoms with Gasteiger partial charge >= 0.3 is 0 Å². The third-order valence-corrected chi connectivity index (χ3v) is 3.21. The molecule has 1 fully saturated rings. The summed E-state index contributed by atoms with van der Waals surface area (Å²) in [5, 5.41) is 13.6. The lowest BCUT2D eigenvalue weighted by molar-refractivity contribution is 0.102. The zero-order valence-electron chi connectivity index (χ0n) is 11.6. The number of hydrogen-bond acceptors (Lipinski definition) is 4. The molecule has 0 radical (unpaired) electrons. The second-order valence-corrected chi connectivity index (χ2v) is 5.15. The van der Waals surface area contributed by atoms with Crippen molar-refractivity contribution in [2.24, 2.45) is 0 Å². The Morgan fingerprint density at radius 3 is 2.81 bits per heavy atom. The van der Waals surface area contributed by atoms with Crippen LogP contribution in [0.5, 0.6) is 0 Å². The zero-order chi connectivity index (χ0) is 14.8. The highest BCUT2D eigenvalue weighted by Crippen LogP contribution is 2.30. The SMILES string of the molecule is Cc1cc(C(=O)Nc2ccc(F)cc2NC2CC2)cnn1. The third kappa shape index (κ3) is 3.34. The summed E-state index contributed by atoms with van der Waals surface area (Å²) in [6.07, 6.45) is 3.54. The summed E-state index contributed by atoms with van der Waals surface area (Å²) in [6.45, 7) is 1.77. The smallest absolute Gasteiger partial charge is 0.257 e. The molecule has 2 aromatic rings. The minimum absolute atomic E-state index is 0.293. The maximum atomic E-state index is 13.4. The van der Waals surface area contributed by atoms with Crippen molar-refractivity contribution in [2.75, 3.05) is 10.6 Å². The minimum atomic E-state index is -0.336. The van der Waals surface area contributed by atoms with Gasteiger partial charge in [0.1, 0.15) is 5.82 Å². The maximum Gasteiger partial charge on any atom is 0.257 e. The van der Waals surface area contributed by atoms with Gasteiger partial charge in [-0.3, -0.25) is 4.79 Å². The average molecular weight is 286 g/mol. The number of nitrogens with one attached hydrogen (secondary N) is 2. The van der Waals surface area contributed by atoms with Crippen LogP contribution in [0.4, 0.5) is 15.8 Å². The topological polar surface area (TPSA) is 66.9 Å². The quantitative estimate of drug-likeness (QED) is 0.907. The van der Waals surface area contributed by atoms with Crippen LogP contribution in [0.2, 0.25) is 0 Å². The standard InChI is InChI=1S/C15H15FN4O/c1-9-6-10(8-17-20-9)15(21)19-13-5-2-11(16)7-14(13)18-12-3-4-12/h2,5-8,12,18H,3-4H2,1H3,(H,19,21). The van der Waals surface area contributed by atoms with E-state index in [2.05, 4.69) is 20.8 Å². The van der Waals surface area contributed by atoms with Crippen molar-refractivity contribution in [1.29, 1.82) is 0 Å². The van der Waals surface area contributed by atoms with Crippen LogP contribution in [0, 0.1) is 12.7 Å². The number of aromatic nitrogens is 2. The third-order valence-electron chi connectivity index (χ3n) is 3.21. The van der Waals surface area contributed by atoms with Gasteiger partial charge in [-0.05, 0) is 44.0 Å². The minimum Gasteiger partial charge on any atom is -0.381 e. The number of amides is 1. The van der Waals surface area contributed by atoms with Gasteiger partial charge in [0.05, 0.1) is 28.8 Å². The summed E-state index contributed by atoms with van der Waals surface area (Å²) in [4.78, 5) is 12.2. The molecule has 0 atom stereocenters. The number of nitrogens with zero attached hydrogens (tertiary/aromatic N) is 2. The predicted octanol–water partition coefficient (Wildman–Crippen LogP) is 2.75. The molecule has 0 unspecified atom stereocenters. The first-order chi connectivity index (χ1) is 10.1. The Kier molecular flexibility index (Phi) is 3.51. The van der Waals surface area contributed by atoms with E-state index in [1.165, 1.54) is 18.3 Å². The van der Waals surface area contributed by atoms with E-state index < -0.39 is 0 Å². The molecular formula is C15H15FN4O. The lowest BCUT2D eigenvalue weighted by Gasteiger charge is -2.13. The van der Waals surface area contributed by atoms with E-state index in [1.807, 2.05) is 0 Å². The van der Waals surface area contributed by atoms with E-state index in [0.29, 0.717) is 28.7 Å². The Morgan fingerprint density at radius 1 is 1.29 bits per heavy atom. The number of rotatable bonds is 4. The van der Waals surface area contributed by atoms with Crippen LogP contribution in [-0.4, -0.2) is 22.1 Å². The van der Waals surface area contributed by atoms with Gasteiger partial charge < -0.3 is 10.6 Å². The molecule has 1 aliphatic carbocycles. The monoisotopic (exact) mass is 286 g/mol. The molecule has 5 nitrogen and oxygen atoms in total. The van der Waals surface area contributed by atoms with Gasteiger partial charge in [0.2, 0.25) is 0 Å². The first-order valence-corrected chi connectivity index (χ1v) is 6.78.